The maximum Gasteiger partial charge on any atom is 0.315 e. The minimum atomic E-state index is -0.618. The van der Waals surface area contributed by atoms with Gasteiger partial charge in [0.1, 0.15) is 5.78 Å². The number of rotatable bonds is 12. The van der Waals surface area contributed by atoms with E-state index in [9.17, 15) is 19.8 Å². The van der Waals surface area contributed by atoms with Gasteiger partial charge in [-0.1, -0.05) is 42.5 Å². The third-order valence-electron chi connectivity index (χ3n) is 4.93. The quantitative estimate of drug-likeness (QED) is 0.295. The summed E-state index contributed by atoms with van der Waals surface area (Å²) in [7, 11) is 1.38. The molecule has 0 amide bonds. The largest absolute Gasteiger partial charge is 0.468 e. The van der Waals surface area contributed by atoms with Crippen LogP contribution in [0.25, 0.3) is 0 Å². The summed E-state index contributed by atoms with van der Waals surface area (Å²) in [4.78, 5) is 23.5. The van der Waals surface area contributed by atoms with Crippen LogP contribution in [0, 0.1) is 11.8 Å². The van der Waals surface area contributed by atoms with Gasteiger partial charge < -0.3 is 14.9 Å². The van der Waals surface area contributed by atoms with E-state index in [-0.39, 0.29) is 35.4 Å². The van der Waals surface area contributed by atoms with Crippen molar-refractivity contribution in [3.63, 3.8) is 0 Å². The third kappa shape index (κ3) is 8.16. The summed E-state index contributed by atoms with van der Waals surface area (Å²) < 4.78 is 4.61. The fourth-order valence-electron chi connectivity index (χ4n) is 3.39. The molecule has 1 saturated carbocycles. The van der Waals surface area contributed by atoms with E-state index in [4.69, 9.17) is 0 Å². The number of benzene rings is 1. The summed E-state index contributed by atoms with van der Waals surface area (Å²) in [6.07, 6.45) is 4.87. The molecule has 29 heavy (non-hydrogen) atoms. The highest BCUT2D eigenvalue weighted by molar-refractivity contribution is 8.01. The summed E-state index contributed by atoms with van der Waals surface area (Å²) in [6.45, 7) is -0.0262. The van der Waals surface area contributed by atoms with Crippen molar-refractivity contribution in [1.82, 2.24) is 0 Å². The van der Waals surface area contributed by atoms with Gasteiger partial charge in [-0.05, 0) is 29.4 Å². The van der Waals surface area contributed by atoms with Crippen molar-refractivity contribution < 1.29 is 24.5 Å². The van der Waals surface area contributed by atoms with Gasteiger partial charge in [0.2, 0.25) is 0 Å². The van der Waals surface area contributed by atoms with Crippen molar-refractivity contribution >= 4 is 35.3 Å². The normalized spacial score (nSPS) is 22.9. The first-order valence-corrected chi connectivity index (χ1v) is 12.1. The van der Waals surface area contributed by atoms with Crippen LogP contribution in [0.4, 0.5) is 0 Å². The smallest absolute Gasteiger partial charge is 0.315 e. The summed E-state index contributed by atoms with van der Waals surface area (Å²) in [6, 6.07) is 9.78. The fourth-order valence-corrected chi connectivity index (χ4v) is 5.73. The standard InChI is InChI=1S/C22H30O5S2/c1-27-21(26)15-28-10-5-11-29-22-19(17(14-23)13-20(22)25)9-8-18(24)12-16-6-3-2-4-7-16/h2-4,6-9,17-19,22-24H,5,10-15H2,1H3/t17-,18-,19-,22+/m0/s1. The third-order valence-corrected chi connectivity index (χ3v) is 7.41. The average molecular weight is 439 g/mol. The van der Waals surface area contributed by atoms with E-state index < -0.39 is 6.10 Å². The first-order valence-electron chi connectivity index (χ1n) is 9.85. The van der Waals surface area contributed by atoms with Crippen LogP contribution in [0.3, 0.4) is 0 Å². The number of thioether (sulfide) groups is 2. The Labute approximate surface area is 181 Å². The van der Waals surface area contributed by atoms with Gasteiger partial charge in [-0.15, -0.1) is 11.8 Å². The molecule has 0 bridgehead atoms. The van der Waals surface area contributed by atoms with Gasteiger partial charge in [0.25, 0.3) is 0 Å². The Morgan fingerprint density at radius 1 is 1.31 bits per heavy atom. The number of hydrogen-bond acceptors (Lipinski definition) is 7. The van der Waals surface area contributed by atoms with E-state index in [0.717, 1.165) is 23.5 Å². The Morgan fingerprint density at radius 2 is 2.07 bits per heavy atom. The molecule has 1 aromatic rings. The van der Waals surface area contributed by atoms with Gasteiger partial charge in [0, 0.05) is 25.4 Å². The molecule has 7 heteroatoms. The number of methoxy groups -OCH3 is 1. The Balaban J connectivity index is 1.84. The van der Waals surface area contributed by atoms with E-state index in [1.165, 1.54) is 18.9 Å². The Hall–Kier alpha value is -1.28. The van der Waals surface area contributed by atoms with Gasteiger partial charge >= 0.3 is 5.97 Å². The maximum absolute atomic E-state index is 12.4. The minimum absolute atomic E-state index is 0.0262. The molecule has 0 radical (unpaired) electrons. The lowest BCUT2D eigenvalue weighted by atomic mass is 9.95. The van der Waals surface area contributed by atoms with Gasteiger partial charge in [-0.2, -0.15) is 11.8 Å². The Kier molecular flexibility index (Phi) is 10.8. The Bertz CT molecular complexity index is 664. The number of Topliss-reactive ketones (excluding diaryl/α,β-unsaturated/α-hetero) is 1. The van der Waals surface area contributed by atoms with Crippen LogP contribution in [-0.2, 0) is 20.7 Å². The molecule has 0 aliphatic heterocycles. The summed E-state index contributed by atoms with van der Waals surface area (Å²) in [5.41, 5.74) is 1.06. The highest BCUT2D eigenvalue weighted by Crippen LogP contribution is 2.38. The Morgan fingerprint density at radius 3 is 2.76 bits per heavy atom. The number of ether oxygens (including phenoxy) is 1. The van der Waals surface area contributed by atoms with Crippen molar-refractivity contribution in [2.75, 3.05) is 31.0 Å². The average Bonchev–Trinajstić information content (AvgIpc) is 3.04. The second kappa shape index (κ2) is 13.1. The summed E-state index contributed by atoms with van der Waals surface area (Å²) in [5.74, 6) is 1.80. The monoisotopic (exact) mass is 438 g/mol. The van der Waals surface area contributed by atoms with Gasteiger partial charge in [0.15, 0.2) is 0 Å². The van der Waals surface area contributed by atoms with Crippen LogP contribution in [-0.4, -0.2) is 64.3 Å². The number of esters is 1. The fraction of sp³-hybridized carbons (Fsp3) is 0.545. The van der Waals surface area contributed by atoms with Crippen molar-refractivity contribution in [1.29, 1.82) is 0 Å². The second-order valence-corrected chi connectivity index (χ2v) is 9.46. The number of carbonyl (C=O) groups excluding carboxylic acids is 2. The predicted octanol–water partition coefficient (Wildman–Crippen LogP) is 2.74. The zero-order valence-electron chi connectivity index (χ0n) is 16.7. The molecule has 0 unspecified atom stereocenters. The molecule has 1 aliphatic rings. The number of carbonyl (C=O) groups is 2. The van der Waals surface area contributed by atoms with E-state index >= 15 is 0 Å². The van der Waals surface area contributed by atoms with E-state index in [1.54, 1.807) is 17.8 Å². The maximum atomic E-state index is 12.4. The van der Waals surface area contributed by atoms with E-state index in [0.29, 0.717) is 18.6 Å². The van der Waals surface area contributed by atoms with Crippen LogP contribution in [0.2, 0.25) is 0 Å². The van der Waals surface area contributed by atoms with Crippen molar-refractivity contribution in [3.05, 3.63) is 48.0 Å². The highest BCUT2D eigenvalue weighted by atomic mass is 32.2. The molecule has 1 aliphatic carbocycles. The lowest BCUT2D eigenvalue weighted by molar-refractivity contribution is -0.137. The van der Waals surface area contributed by atoms with Crippen LogP contribution in [0.1, 0.15) is 18.4 Å². The molecule has 1 aromatic carbocycles. The van der Waals surface area contributed by atoms with Crippen LogP contribution >= 0.6 is 23.5 Å². The van der Waals surface area contributed by atoms with Crippen LogP contribution in [0.15, 0.2) is 42.5 Å². The molecule has 1 fully saturated rings. The number of aliphatic hydroxyl groups is 2. The number of aliphatic hydroxyl groups excluding tert-OH is 2. The highest BCUT2D eigenvalue weighted by Gasteiger charge is 2.40. The van der Waals surface area contributed by atoms with Crippen LogP contribution < -0.4 is 0 Å². The molecule has 0 aromatic heterocycles. The lowest BCUT2D eigenvalue weighted by Crippen LogP contribution is -2.21. The molecule has 0 saturated heterocycles. The molecule has 0 spiro atoms. The van der Waals surface area contributed by atoms with Crippen molar-refractivity contribution in [2.24, 2.45) is 11.8 Å². The second-order valence-electron chi connectivity index (χ2n) is 7.11. The van der Waals surface area contributed by atoms with E-state index in [2.05, 4.69) is 4.74 Å². The number of allylic oxidation sites excluding steroid dienone is 1. The molecule has 160 valence electrons. The molecule has 2 rings (SSSR count). The number of ketones is 1. The molecular formula is C22H30O5S2. The first kappa shape index (κ1) is 24.0. The SMILES string of the molecule is COC(=O)CSCCCS[C@H]1C(=O)C[C@@H](CO)[C@@H]1C=C[C@H](O)Cc1ccccc1. The molecule has 0 heterocycles. The molecule has 4 atom stereocenters. The topological polar surface area (TPSA) is 83.8 Å². The molecule has 2 N–H and O–H groups in total. The van der Waals surface area contributed by atoms with Gasteiger partial charge in [-0.25, -0.2) is 0 Å². The molecular weight excluding hydrogens is 408 g/mol. The zero-order chi connectivity index (χ0) is 21.1. The first-order chi connectivity index (χ1) is 14.0. The summed E-state index contributed by atoms with van der Waals surface area (Å²) in [5, 5.41) is 19.8. The molecule has 5 nitrogen and oxygen atoms in total. The number of hydrogen-bond donors (Lipinski definition) is 2. The minimum Gasteiger partial charge on any atom is -0.468 e. The predicted molar refractivity (Wildman–Crippen MR) is 119 cm³/mol. The van der Waals surface area contributed by atoms with Crippen LogP contribution in [0.5, 0.6) is 0 Å². The van der Waals surface area contributed by atoms with E-state index in [1.807, 2.05) is 36.4 Å². The van der Waals surface area contributed by atoms with Gasteiger partial charge in [0.05, 0.1) is 24.2 Å². The lowest BCUT2D eigenvalue weighted by Gasteiger charge is -2.19. The van der Waals surface area contributed by atoms with Gasteiger partial charge in [-0.3, -0.25) is 9.59 Å². The summed E-state index contributed by atoms with van der Waals surface area (Å²) >= 11 is 3.15. The van der Waals surface area contributed by atoms with Crippen molar-refractivity contribution in [2.45, 2.75) is 30.6 Å². The van der Waals surface area contributed by atoms with Crippen molar-refractivity contribution in [3.8, 4) is 0 Å². The zero-order valence-corrected chi connectivity index (χ0v) is 18.4.